The summed E-state index contributed by atoms with van der Waals surface area (Å²) in [6.07, 6.45) is 5.00. The lowest BCUT2D eigenvalue weighted by atomic mass is 9.99. The highest BCUT2D eigenvalue weighted by atomic mass is 14.0. The molecule has 0 heterocycles. The highest BCUT2D eigenvalue weighted by Crippen LogP contribution is 2.14. The topological polar surface area (TPSA) is 0 Å². The Morgan fingerprint density at radius 3 is 2.40 bits per heavy atom. The average Bonchev–Trinajstić information content (AvgIpc) is 1.99. The van der Waals surface area contributed by atoms with Crippen LogP contribution in [0, 0.1) is 5.92 Å². The summed E-state index contributed by atoms with van der Waals surface area (Å²) in [4.78, 5) is 0. The molecule has 1 unspecified atom stereocenters. The van der Waals surface area contributed by atoms with Gasteiger partial charge >= 0.3 is 0 Å². The molecular formula is C10H20. The predicted molar refractivity (Wildman–Crippen MR) is 48.1 cm³/mol. The Bertz CT molecular complexity index is 92.2. The summed E-state index contributed by atoms with van der Waals surface area (Å²) in [5.74, 6) is 0.878. The molecule has 60 valence electrons. The molecule has 0 N–H and O–H groups in total. The van der Waals surface area contributed by atoms with Gasteiger partial charge in [0.05, 0.1) is 0 Å². The molecule has 0 nitrogen and oxygen atoms in total. The van der Waals surface area contributed by atoms with Crippen molar-refractivity contribution in [2.75, 3.05) is 0 Å². The standard InChI is InChI=1S/C10H20/c1-5-9(3)7-8-10(4)6-2/h10H,3,5-8H2,1-2,4H3. The van der Waals surface area contributed by atoms with Crippen molar-refractivity contribution in [2.45, 2.75) is 46.5 Å². The Labute approximate surface area is 65.3 Å². The van der Waals surface area contributed by atoms with Crippen LogP contribution in [0.1, 0.15) is 46.5 Å². The third kappa shape index (κ3) is 4.60. The van der Waals surface area contributed by atoms with Crippen molar-refractivity contribution in [1.82, 2.24) is 0 Å². The largest absolute Gasteiger partial charge is 0.0999 e. The van der Waals surface area contributed by atoms with Gasteiger partial charge in [0.1, 0.15) is 0 Å². The quantitative estimate of drug-likeness (QED) is 0.510. The summed E-state index contributed by atoms with van der Waals surface area (Å²) >= 11 is 0. The fourth-order valence-electron chi connectivity index (χ4n) is 0.831. The van der Waals surface area contributed by atoms with Crippen LogP contribution in [0.3, 0.4) is 0 Å². The lowest BCUT2D eigenvalue weighted by molar-refractivity contribution is 0.513. The van der Waals surface area contributed by atoms with Crippen LogP contribution in [0.4, 0.5) is 0 Å². The SMILES string of the molecule is C=C(CC)CCC(C)CC. The highest BCUT2D eigenvalue weighted by molar-refractivity contribution is 4.92. The minimum Gasteiger partial charge on any atom is -0.0999 e. The second-order valence-electron chi connectivity index (χ2n) is 3.16. The molecule has 0 rings (SSSR count). The first kappa shape index (κ1) is 9.74. The van der Waals surface area contributed by atoms with Crippen LogP contribution in [0.25, 0.3) is 0 Å². The van der Waals surface area contributed by atoms with E-state index in [4.69, 9.17) is 0 Å². The van der Waals surface area contributed by atoms with Crippen LogP contribution in [0.15, 0.2) is 12.2 Å². The zero-order valence-corrected chi connectivity index (χ0v) is 7.61. The van der Waals surface area contributed by atoms with Crippen LogP contribution >= 0.6 is 0 Å². The van der Waals surface area contributed by atoms with E-state index >= 15 is 0 Å². The van der Waals surface area contributed by atoms with Gasteiger partial charge < -0.3 is 0 Å². The smallest absolute Gasteiger partial charge is 0.0321 e. The van der Waals surface area contributed by atoms with Gasteiger partial charge in [-0.05, 0) is 25.2 Å². The summed E-state index contributed by atoms with van der Waals surface area (Å²) < 4.78 is 0. The Morgan fingerprint density at radius 1 is 1.40 bits per heavy atom. The minimum atomic E-state index is 0.878. The van der Waals surface area contributed by atoms with E-state index in [1.807, 2.05) is 0 Å². The molecule has 0 heteroatoms. The second kappa shape index (κ2) is 5.52. The molecule has 0 aromatic heterocycles. The monoisotopic (exact) mass is 140 g/mol. The summed E-state index contributed by atoms with van der Waals surface area (Å²) in [5.41, 5.74) is 1.40. The molecule has 10 heavy (non-hydrogen) atoms. The van der Waals surface area contributed by atoms with Crippen LogP contribution in [0.5, 0.6) is 0 Å². The van der Waals surface area contributed by atoms with Crippen molar-refractivity contribution in [1.29, 1.82) is 0 Å². The average molecular weight is 140 g/mol. The van der Waals surface area contributed by atoms with Crippen LogP contribution in [-0.4, -0.2) is 0 Å². The van der Waals surface area contributed by atoms with Crippen molar-refractivity contribution in [3.8, 4) is 0 Å². The van der Waals surface area contributed by atoms with E-state index in [0.717, 1.165) is 12.3 Å². The second-order valence-corrected chi connectivity index (χ2v) is 3.16. The fraction of sp³-hybridized carbons (Fsp3) is 0.800. The molecule has 0 aromatic rings. The molecule has 0 aliphatic heterocycles. The van der Waals surface area contributed by atoms with Gasteiger partial charge in [0.25, 0.3) is 0 Å². The van der Waals surface area contributed by atoms with Crippen molar-refractivity contribution in [3.63, 3.8) is 0 Å². The third-order valence-corrected chi connectivity index (χ3v) is 2.19. The van der Waals surface area contributed by atoms with E-state index in [9.17, 15) is 0 Å². The Balaban J connectivity index is 3.26. The van der Waals surface area contributed by atoms with Gasteiger partial charge in [0.2, 0.25) is 0 Å². The molecule has 0 aromatic carbocycles. The first-order valence-corrected chi connectivity index (χ1v) is 4.37. The van der Waals surface area contributed by atoms with Crippen molar-refractivity contribution >= 4 is 0 Å². The van der Waals surface area contributed by atoms with Crippen LogP contribution in [0.2, 0.25) is 0 Å². The maximum Gasteiger partial charge on any atom is -0.0321 e. The lowest BCUT2D eigenvalue weighted by Crippen LogP contribution is -1.92. The van der Waals surface area contributed by atoms with Gasteiger partial charge in [-0.25, -0.2) is 0 Å². The van der Waals surface area contributed by atoms with Gasteiger partial charge in [-0.2, -0.15) is 0 Å². The van der Waals surface area contributed by atoms with Gasteiger partial charge in [-0.15, -0.1) is 0 Å². The molecule has 0 radical (unpaired) electrons. The van der Waals surface area contributed by atoms with E-state index in [0.29, 0.717) is 0 Å². The number of rotatable bonds is 5. The molecule has 0 saturated heterocycles. The Morgan fingerprint density at radius 2 is 2.00 bits per heavy atom. The zero-order valence-electron chi connectivity index (χ0n) is 7.61. The molecule has 1 atom stereocenters. The molecule has 0 saturated carbocycles. The summed E-state index contributed by atoms with van der Waals surface area (Å²) in [6.45, 7) is 10.7. The molecule has 0 spiro atoms. The van der Waals surface area contributed by atoms with Gasteiger partial charge in [-0.1, -0.05) is 39.3 Å². The van der Waals surface area contributed by atoms with Crippen molar-refractivity contribution in [3.05, 3.63) is 12.2 Å². The predicted octanol–water partition coefficient (Wildman–Crippen LogP) is 3.78. The number of hydrogen-bond donors (Lipinski definition) is 0. The van der Waals surface area contributed by atoms with Gasteiger partial charge in [0.15, 0.2) is 0 Å². The van der Waals surface area contributed by atoms with Crippen molar-refractivity contribution < 1.29 is 0 Å². The first-order valence-electron chi connectivity index (χ1n) is 4.37. The van der Waals surface area contributed by atoms with Crippen LogP contribution in [-0.2, 0) is 0 Å². The highest BCUT2D eigenvalue weighted by Gasteiger charge is 1.98. The maximum atomic E-state index is 3.98. The van der Waals surface area contributed by atoms with E-state index < -0.39 is 0 Å². The first-order chi connectivity index (χ1) is 4.70. The molecule has 0 aliphatic carbocycles. The Kier molecular flexibility index (Phi) is 5.38. The Hall–Kier alpha value is -0.260. The van der Waals surface area contributed by atoms with Gasteiger partial charge in [-0.3, -0.25) is 0 Å². The van der Waals surface area contributed by atoms with E-state index in [1.165, 1.54) is 24.8 Å². The van der Waals surface area contributed by atoms with E-state index in [-0.39, 0.29) is 0 Å². The number of hydrogen-bond acceptors (Lipinski definition) is 0. The number of allylic oxidation sites excluding steroid dienone is 1. The fourth-order valence-corrected chi connectivity index (χ4v) is 0.831. The van der Waals surface area contributed by atoms with Gasteiger partial charge in [0, 0.05) is 0 Å². The molecule has 0 amide bonds. The summed E-state index contributed by atoms with van der Waals surface area (Å²) in [7, 11) is 0. The van der Waals surface area contributed by atoms with E-state index in [1.54, 1.807) is 0 Å². The normalized spacial score (nSPS) is 13.1. The molecule has 0 fully saturated rings. The summed E-state index contributed by atoms with van der Waals surface area (Å²) in [6, 6.07) is 0. The zero-order chi connectivity index (χ0) is 7.98. The van der Waals surface area contributed by atoms with E-state index in [2.05, 4.69) is 27.4 Å². The molecular weight excluding hydrogens is 120 g/mol. The molecule has 0 aliphatic rings. The van der Waals surface area contributed by atoms with Crippen LogP contribution < -0.4 is 0 Å². The lowest BCUT2D eigenvalue weighted by Gasteiger charge is -2.07. The van der Waals surface area contributed by atoms with Crippen molar-refractivity contribution in [2.24, 2.45) is 5.92 Å². The maximum absolute atomic E-state index is 3.98. The summed E-state index contributed by atoms with van der Waals surface area (Å²) in [5, 5.41) is 0. The third-order valence-electron chi connectivity index (χ3n) is 2.19. The molecule has 0 bridgehead atoms. The minimum absolute atomic E-state index is 0.878.